The lowest BCUT2D eigenvalue weighted by Crippen LogP contribution is -2.31. The molecule has 0 spiro atoms. The van der Waals surface area contributed by atoms with Crippen molar-refractivity contribution in [3.05, 3.63) is 29.6 Å². The van der Waals surface area contributed by atoms with E-state index in [0.717, 1.165) is 25.7 Å². The van der Waals surface area contributed by atoms with Gasteiger partial charge in [0, 0.05) is 38.1 Å². The lowest BCUT2D eigenvalue weighted by molar-refractivity contribution is 0.262. The second kappa shape index (κ2) is 4.73. The molecule has 1 aromatic rings. The highest BCUT2D eigenvalue weighted by Gasteiger charge is 2.28. The standard InChI is InChI=1S/C12H19N3/c1-10-6-11(8-14-7-10)9-15(5-4-13)12-2-3-12/h6-8,12H,2-5,9,13H2,1H3. The summed E-state index contributed by atoms with van der Waals surface area (Å²) in [5, 5.41) is 0. The molecule has 0 aromatic carbocycles. The third-order valence-corrected chi connectivity index (χ3v) is 2.80. The maximum Gasteiger partial charge on any atom is 0.0313 e. The van der Waals surface area contributed by atoms with Crippen molar-refractivity contribution in [3.63, 3.8) is 0 Å². The minimum absolute atomic E-state index is 0.746. The van der Waals surface area contributed by atoms with Crippen molar-refractivity contribution in [2.45, 2.75) is 32.4 Å². The summed E-state index contributed by atoms with van der Waals surface area (Å²) in [6.07, 6.45) is 6.52. The van der Waals surface area contributed by atoms with Gasteiger partial charge in [0.2, 0.25) is 0 Å². The summed E-state index contributed by atoms with van der Waals surface area (Å²) in [7, 11) is 0. The molecular formula is C12H19N3. The molecule has 0 amide bonds. The van der Waals surface area contributed by atoms with E-state index in [2.05, 4.69) is 22.9 Å². The Labute approximate surface area is 91.3 Å². The minimum Gasteiger partial charge on any atom is -0.329 e. The van der Waals surface area contributed by atoms with Crippen molar-refractivity contribution in [2.75, 3.05) is 13.1 Å². The molecule has 15 heavy (non-hydrogen) atoms. The first kappa shape index (κ1) is 10.6. The average molecular weight is 205 g/mol. The summed E-state index contributed by atoms with van der Waals surface area (Å²) in [5.41, 5.74) is 8.15. The minimum atomic E-state index is 0.746. The van der Waals surface area contributed by atoms with Crippen LogP contribution in [-0.4, -0.2) is 29.0 Å². The lowest BCUT2D eigenvalue weighted by atomic mass is 10.2. The Bertz CT molecular complexity index is 320. The monoisotopic (exact) mass is 205 g/mol. The van der Waals surface area contributed by atoms with E-state index in [-0.39, 0.29) is 0 Å². The van der Waals surface area contributed by atoms with E-state index < -0.39 is 0 Å². The molecule has 3 nitrogen and oxygen atoms in total. The molecule has 0 aliphatic heterocycles. The number of aryl methyl sites for hydroxylation is 1. The first-order valence-electron chi connectivity index (χ1n) is 5.64. The van der Waals surface area contributed by atoms with Gasteiger partial charge in [-0.25, -0.2) is 0 Å². The fourth-order valence-electron chi connectivity index (χ4n) is 1.93. The number of nitrogens with two attached hydrogens (primary N) is 1. The van der Waals surface area contributed by atoms with Gasteiger partial charge in [0.15, 0.2) is 0 Å². The Morgan fingerprint density at radius 2 is 2.27 bits per heavy atom. The zero-order valence-electron chi connectivity index (χ0n) is 9.32. The zero-order chi connectivity index (χ0) is 10.7. The number of hydrogen-bond acceptors (Lipinski definition) is 3. The van der Waals surface area contributed by atoms with Gasteiger partial charge in [-0.1, -0.05) is 6.07 Å². The summed E-state index contributed by atoms with van der Waals surface area (Å²) in [4.78, 5) is 6.69. The molecule has 1 heterocycles. The molecule has 2 rings (SSSR count). The molecule has 3 heteroatoms. The van der Waals surface area contributed by atoms with Crippen LogP contribution in [0.1, 0.15) is 24.0 Å². The van der Waals surface area contributed by atoms with Gasteiger partial charge in [0.05, 0.1) is 0 Å². The topological polar surface area (TPSA) is 42.2 Å². The van der Waals surface area contributed by atoms with Crippen molar-refractivity contribution in [2.24, 2.45) is 5.73 Å². The van der Waals surface area contributed by atoms with Crippen LogP contribution in [0.4, 0.5) is 0 Å². The predicted octanol–water partition coefficient (Wildman–Crippen LogP) is 1.31. The van der Waals surface area contributed by atoms with Crippen molar-refractivity contribution < 1.29 is 0 Å². The van der Waals surface area contributed by atoms with E-state index >= 15 is 0 Å². The van der Waals surface area contributed by atoms with Gasteiger partial charge in [-0.3, -0.25) is 9.88 Å². The van der Waals surface area contributed by atoms with Gasteiger partial charge < -0.3 is 5.73 Å². The zero-order valence-corrected chi connectivity index (χ0v) is 9.32. The number of nitrogens with zero attached hydrogens (tertiary/aromatic N) is 2. The summed E-state index contributed by atoms with van der Waals surface area (Å²) >= 11 is 0. The molecule has 1 fully saturated rings. The van der Waals surface area contributed by atoms with Crippen LogP contribution in [0.3, 0.4) is 0 Å². The maximum absolute atomic E-state index is 5.62. The van der Waals surface area contributed by atoms with Crippen molar-refractivity contribution in [3.8, 4) is 0 Å². The maximum atomic E-state index is 5.62. The van der Waals surface area contributed by atoms with Gasteiger partial charge in [-0.15, -0.1) is 0 Å². The van der Waals surface area contributed by atoms with E-state index in [0.29, 0.717) is 0 Å². The van der Waals surface area contributed by atoms with Crippen LogP contribution in [0.25, 0.3) is 0 Å². The predicted molar refractivity (Wildman–Crippen MR) is 61.5 cm³/mol. The Hall–Kier alpha value is -0.930. The molecule has 1 saturated carbocycles. The number of rotatable bonds is 5. The number of aromatic nitrogens is 1. The van der Waals surface area contributed by atoms with E-state index in [1.54, 1.807) is 0 Å². The van der Waals surface area contributed by atoms with Crippen LogP contribution in [0.15, 0.2) is 18.5 Å². The van der Waals surface area contributed by atoms with Crippen molar-refractivity contribution in [1.29, 1.82) is 0 Å². The molecule has 2 N–H and O–H groups in total. The fraction of sp³-hybridized carbons (Fsp3) is 0.583. The van der Waals surface area contributed by atoms with E-state index in [1.807, 2.05) is 12.4 Å². The Balaban J connectivity index is 1.98. The van der Waals surface area contributed by atoms with Crippen LogP contribution in [0, 0.1) is 6.92 Å². The largest absolute Gasteiger partial charge is 0.329 e. The molecule has 0 atom stereocenters. The summed E-state index contributed by atoms with van der Waals surface area (Å²) in [6, 6.07) is 2.98. The van der Waals surface area contributed by atoms with Gasteiger partial charge in [0.25, 0.3) is 0 Å². The second-order valence-corrected chi connectivity index (χ2v) is 4.36. The van der Waals surface area contributed by atoms with E-state index in [1.165, 1.54) is 24.0 Å². The molecule has 0 radical (unpaired) electrons. The SMILES string of the molecule is Cc1cncc(CN(CCN)C2CC2)c1. The molecule has 1 aliphatic carbocycles. The summed E-state index contributed by atoms with van der Waals surface area (Å²) in [5.74, 6) is 0. The Morgan fingerprint density at radius 1 is 1.47 bits per heavy atom. The first-order chi connectivity index (χ1) is 7.29. The number of hydrogen-bond donors (Lipinski definition) is 1. The molecule has 0 saturated heterocycles. The van der Waals surface area contributed by atoms with Gasteiger partial charge >= 0.3 is 0 Å². The van der Waals surface area contributed by atoms with Gasteiger partial charge in [-0.2, -0.15) is 0 Å². The van der Waals surface area contributed by atoms with Crippen LogP contribution >= 0.6 is 0 Å². The average Bonchev–Trinajstić information content (AvgIpc) is 3.00. The lowest BCUT2D eigenvalue weighted by Gasteiger charge is -2.20. The first-order valence-corrected chi connectivity index (χ1v) is 5.64. The quantitative estimate of drug-likeness (QED) is 0.788. The third kappa shape index (κ3) is 3.01. The molecular weight excluding hydrogens is 186 g/mol. The van der Waals surface area contributed by atoms with Gasteiger partial charge in [-0.05, 0) is 30.9 Å². The summed E-state index contributed by atoms with van der Waals surface area (Å²) in [6.45, 7) is 4.83. The fourth-order valence-corrected chi connectivity index (χ4v) is 1.93. The molecule has 82 valence electrons. The third-order valence-electron chi connectivity index (χ3n) is 2.80. The van der Waals surface area contributed by atoms with Crippen molar-refractivity contribution in [1.82, 2.24) is 9.88 Å². The highest BCUT2D eigenvalue weighted by atomic mass is 15.2. The Kier molecular flexibility index (Phi) is 3.34. The van der Waals surface area contributed by atoms with Crippen LogP contribution in [0.2, 0.25) is 0 Å². The number of pyridine rings is 1. The van der Waals surface area contributed by atoms with Crippen LogP contribution in [0.5, 0.6) is 0 Å². The Morgan fingerprint density at radius 3 is 2.87 bits per heavy atom. The molecule has 1 aromatic heterocycles. The summed E-state index contributed by atoms with van der Waals surface area (Å²) < 4.78 is 0. The highest BCUT2D eigenvalue weighted by Crippen LogP contribution is 2.27. The molecule has 0 unspecified atom stereocenters. The van der Waals surface area contributed by atoms with Crippen molar-refractivity contribution >= 4 is 0 Å². The van der Waals surface area contributed by atoms with E-state index in [9.17, 15) is 0 Å². The van der Waals surface area contributed by atoms with Gasteiger partial charge in [0.1, 0.15) is 0 Å². The molecule has 0 bridgehead atoms. The van der Waals surface area contributed by atoms with Crippen LogP contribution < -0.4 is 5.73 Å². The normalized spacial score (nSPS) is 15.9. The van der Waals surface area contributed by atoms with Crippen LogP contribution in [-0.2, 0) is 6.54 Å². The van der Waals surface area contributed by atoms with E-state index in [4.69, 9.17) is 5.73 Å². The highest BCUT2D eigenvalue weighted by molar-refractivity contribution is 5.16. The smallest absolute Gasteiger partial charge is 0.0313 e. The molecule has 1 aliphatic rings. The second-order valence-electron chi connectivity index (χ2n) is 4.36.